The Hall–Kier alpha value is -2.80. The Labute approximate surface area is 168 Å². The molecule has 4 rings (SSSR count). The molecule has 142 valence electrons. The average Bonchev–Trinajstić information content (AvgIpc) is 2.73. The van der Waals surface area contributed by atoms with E-state index in [1.807, 2.05) is 0 Å². The molecule has 0 fully saturated rings. The van der Waals surface area contributed by atoms with E-state index >= 15 is 0 Å². The maximum absolute atomic E-state index is 6.39. The molecule has 0 N–H and O–H groups in total. The van der Waals surface area contributed by atoms with Crippen LogP contribution in [0.3, 0.4) is 0 Å². The molecule has 0 bridgehead atoms. The summed E-state index contributed by atoms with van der Waals surface area (Å²) in [5, 5.41) is 5.11. The summed E-state index contributed by atoms with van der Waals surface area (Å²) < 4.78 is 6.39. The van der Waals surface area contributed by atoms with Crippen LogP contribution < -0.4 is 4.74 Å². The van der Waals surface area contributed by atoms with Gasteiger partial charge in [0.05, 0.1) is 0 Å². The predicted molar refractivity (Wildman–Crippen MR) is 120 cm³/mol. The van der Waals surface area contributed by atoms with Crippen molar-refractivity contribution in [3.63, 3.8) is 0 Å². The van der Waals surface area contributed by atoms with Crippen LogP contribution in [0.5, 0.6) is 5.75 Å². The van der Waals surface area contributed by atoms with Crippen LogP contribution in [-0.2, 0) is 5.60 Å². The summed E-state index contributed by atoms with van der Waals surface area (Å²) in [5.74, 6) is 1.49. The van der Waals surface area contributed by atoms with Crippen molar-refractivity contribution in [2.24, 2.45) is 0 Å². The standard InChI is InChI=1S/C27H28O/c1-5-19(2)20-12-15-24(16-13-20)28-27(3,4)23-14-17-26-22(18-23)11-10-21-8-6-7-9-25(21)26/h6-19H,5H2,1-4H3. The quantitative estimate of drug-likeness (QED) is 0.326. The van der Waals surface area contributed by atoms with Crippen molar-refractivity contribution in [1.29, 1.82) is 0 Å². The highest BCUT2D eigenvalue weighted by atomic mass is 16.5. The van der Waals surface area contributed by atoms with Gasteiger partial charge in [0, 0.05) is 0 Å². The third-order valence-corrected chi connectivity index (χ3v) is 5.87. The molecule has 0 aliphatic heterocycles. The normalized spacial score (nSPS) is 13.0. The molecule has 1 heteroatoms. The SMILES string of the molecule is CCC(C)c1ccc(OC(C)(C)c2ccc3c(ccc4ccccc43)c2)cc1. The summed E-state index contributed by atoms with van der Waals surface area (Å²) in [4.78, 5) is 0. The summed E-state index contributed by atoms with van der Waals surface area (Å²) >= 11 is 0. The van der Waals surface area contributed by atoms with Crippen LogP contribution in [0.15, 0.2) is 78.9 Å². The highest BCUT2D eigenvalue weighted by molar-refractivity contribution is 6.07. The first kappa shape index (κ1) is 18.6. The zero-order valence-electron chi connectivity index (χ0n) is 17.2. The lowest BCUT2D eigenvalue weighted by Crippen LogP contribution is -2.25. The molecule has 0 amide bonds. The molecule has 1 atom stereocenters. The van der Waals surface area contributed by atoms with Gasteiger partial charge in [-0.15, -0.1) is 0 Å². The van der Waals surface area contributed by atoms with Gasteiger partial charge in [0.1, 0.15) is 11.4 Å². The summed E-state index contributed by atoms with van der Waals surface area (Å²) in [7, 11) is 0. The van der Waals surface area contributed by atoms with Crippen LogP contribution in [0, 0.1) is 0 Å². The van der Waals surface area contributed by atoms with Crippen molar-refractivity contribution < 1.29 is 4.74 Å². The number of benzene rings is 4. The van der Waals surface area contributed by atoms with Crippen LogP contribution in [0.2, 0.25) is 0 Å². The zero-order valence-corrected chi connectivity index (χ0v) is 17.2. The first-order chi connectivity index (χ1) is 13.5. The van der Waals surface area contributed by atoms with E-state index in [9.17, 15) is 0 Å². The highest BCUT2D eigenvalue weighted by Crippen LogP contribution is 2.33. The van der Waals surface area contributed by atoms with Gasteiger partial charge in [0.2, 0.25) is 0 Å². The van der Waals surface area contributed by atoms with Gasteiger partial charge in [-0.3, -0.25) is 0 Å². The van der Waals surface area contributed by atoms with E-state index in [4.69, 9.17) is 4.74 Å². The molecule has 1 nitrogen and oxygen atoms in total. The monoisotopic (exact) mass is 368 g/mol. The Morgan fingerprint density at radius 2 is 1.46 bits per heavy atom. The van der Waals surface area contributed by atoms with Gasteiger partial charge < -0.3 is 4.74 Å². The second kappa shape index (κ2) is 7.31. The summed E-state index contributed by atoms with van der Waals surface area (Å²) in [6.45, 7) is 8.76. The Bertz CT molecular complexity index is 1110. The van der Waals surface area contributed by atoms with E-state index in [0.29, 0.717) is 5.92 Å². The molecule has 4 aromatic carbocycles. The van der Waals surface area contributed by atoms with Crippen LogP contribution in [0.1, 0.15) is 51.2 Å². The fourth-order valence-electron chi connectivity index (χ4n) is 3.84. The van der Waals surface area contributed by atoms with E-state index in [1.165, 1.54) is 32.7 Å². The van der Waals surface area contributed by atoms with Crippen molar-refractivity contribution in [3.8, 4) is 5.75 Å². The number of hydrogen-bond donors (Lipinski definition) is 0. The number of fused-ring (bicyclic) bond motifs is 3. The highest BCUT2D eigenvalue weighted by Gasteiger charge is 2.23. The van der Waals surface area contributed by atoms with Crippen LogP contribution in [-0.4, -0.2) is 0 Å². The zero-order chi connectivity index (χ0) is 19.7. The molecule has 0 radical (unpaired) electrons. The number of hydrogen-bond acceptors (Lipinski definition) is 1. The Kier molecular flexibility index (Phi) is 4.85. The van der Waals surface area contributed by atoms with Gasteiger partial charge in [0.15, 0.2) is 0 Å². The van der Waals surface area contributed by atoms with Crippen molar-refractivity contribution in [1.82, 2.24) is 0 Å². The molecule has 0 aromatic heterocycles. The molecule has 0 saturated heterocycles. The van der Waals surface area contributed by atoms with Crippen LogP contribution in [0.25, 0.3) is 21.5 Å². The van der Waals surface area contributed by atoms with Gasteiger partial charge in [-0.1, -0.05) is 74.5 Å². The Morgan fingerprint density at radius 3 is 2.21 bits per heavy atom. The minimum absolute atomic E-state index is 0.405. The molecule has 0 heterocycles. The minimum Gasteiger partial charge on any atom is -0.483 e. The van der Waals surface area contributed by atoms with E-state index in [2.05, 4.69) is 107 Å². The van der Waals surface area contributed by atoms with E-state index in [1.54, 1.807) is 0 Å². The smallest absolute Gasteiger partial charge is 0.128 e. The number of rotatable bonds is 5. The lowest BCUT2D eigenvalue weighted by molar-refractivity contribution is 0.109. The molecule has 4 aromatic rings. The largest absolute Gasteiger partial charge is 0.483 e. The molecular weight excluding hydrogens is 340 g/mol. The maximum Gasteiger partial charge on any atom is 0.128 e. The first-order valence-electron chi connectivity index (χ1n) is 10.2. The van der Waals surface area contributed by atoms with Gasteiger partial charge in [-0.05, 0) is 77.1 Å². The molecule has 0 aliphatic rings. The first-order valence-corrected chi connectivity index (χ1v) is 10.2. The molecule has 0 saturated carbocycles. The van der Waals surface area contributed by atoms with Crippen LogP contribution >= 0.6 is 0 Å². The van der Waals surface area contributed by atoms with Gasteiger partial charge >= 0.3 is 0 Å². The lowest BCUT2D eigenvalue weighted by atomic mass is 9.93. The molecular formula is C27H28O. The summed E-state index contributed by atoms with van der Waals surface area (Å²) in [6, 6.07) is 28.2. The molecule has 1 unspecified atom stereocenters. The third-order valence-electron chi connectivity index (χ3n) is 5.87. The Morgan fingerprint density at radius 1 is 0.786 bits per heavy atom. The second-order valence-electron chi connectivity index (χ2n) is 8.21. The lowest BCUT2D eigenvalue weighted by Gasteiger charge is -2.28. The van der Waals surface area contributed by atoms with E-state index in [-0.39, 0.29) is 0 Å². The second-order valence-corrected chi connectivity index (χ2v) is 8.21. The van der Waals surface area contributed by atoms with Gasteiger partial charge in [-0.2, -0.15) is 0 Å². The number of ether oxygens (including phenoxy) is 1. The predicted octanol–water partition coefficient (Wildman–Crippen LogP) is 7.82. The maximum atomic E-state index is 6.39. The fourth-order valence-corrected chi connectivity index (χ4v) is 3.84. The fraction of sp³-hybridized carbons (Fsp3) is 0.259. The van der Waals surface area contributed by atoms with Gasteiger partial charge in [0.25, 0.3) is 0 Å². The van der Waals surface area contributed by atoms with Crippen molar-refractivity contribution in [2.45, 2.75) is 45.6 Å². The Balaban J connectivity index is 1.65. The van der Waals surface area contributed by atoms with Crippen molar-refractivity contribution in [2.75, 3.05) is 0 Å². The molecule has 0 aliphatic carbocycles. The van der Waals surface area contributed by atoms with Crippen molar-refractivity contribution >= 4 is 21.5 Å². The van der Waals surface area contributed by atoms with E-state index in [0.717, 1.165) is 12.2 Å². The third kappa shape index (κ3) is 3.49. The summed E-state index contributed by atoms with van der Waals surface area (Å²) in [6.07, 6.45) is 1.15. The molecule has 28 heavy (non-hydrogen) atoms. The van der Waals surface area contributed by atoms with E-state index < -0.39 is 5.60 Å². The molecule has 0 spiro atoms. The summed E-state index contributed by atoms with van der Waals surface area (Å²) in [5.41, 5.74) is 2.14. The minimum atomic E-state index is -0.405. The topological polar surface area (TPSA) is 9.23 Å². The van der Waals surface area contributed by atoms with Crippen molar-refractivity contribution in [3.05, 3.63) is 90.0 Å². The van der Waals surface area contributed by atoms with Crippen LogP contribution in [0.4, 0.5) is 0 Å². The van der Waals surface area contributed by atoms with Gasteiger partial charge in [-0.25, -0.2) is 0 Å². The average molecular weight is 369 g/mol.